The first-order valence-corrected chi connectivity index (χ1v) is 11.0. The third-order valence-corrected chi connectivity index (χ3v) is 5.83. The molecule has 1 aliphatic rings. The van der Waals surface area contributed by atoms with Gasteiger partial charge in [0.15, 0.2) is 5.96 Å². The third-order valence-electron chi connectivity index (χ3n) is 5.83. The number of nitrogens with zero attached hydrogens (tertiary/aromatic N) is 1. The predicted octanol–water partition coefficient (Wildman–Crippen LogP) is 3.75. The molecular weight excluding hydrogens is 382 g/mol. The lowest BCUT2D eigenvalue weighted by Crippen LogP contribution is -2.43. The Kier molecular flexibility index (Phi) is 10.1. The molecular formula is C23H39N3O4. The summed E-state index contributed by atoms with van der Waals surface area (Å²) in [5.41, 5.74) is 1.19. The van der Waals surface area contributed by atoms with Gasteiger partial charge in [-0.05, 0) is 38.5 Å². The normalized spacial score (nSPS) is 15.7. The van der Waals surface area contributed by atoms with Crippen molar-refractivity contribution in [2.45, 2.75) is 52.5 Å². The number of methoxy groups -OCH3 is 3. The van der Waals surface area contributed by atoms with Crippen molar-refractivity contribution in [3.8, 4) is 17.2 Å². The van der Waals surface area contributed by atoms with Gasteiger partial charge >= 0.3 is 0 Å². The SMILES string of the molecule is CCNC(=NCc1c(OC)cc(OC)cc1OC)NCC1(CCOCC)CCCC1. The Morgan fingerprint density at radius 3 is 2.20 bits per heavy atom. The molecule has 1 aromatic rings. The van der Waals surface area contributed by atoms with E-state index >= 15 is 0 Å². The molecule has 0 amide bonds. The van der Waals surface area contributed by atoms with Crippen LogP contribution >= 0.6 is 0 Å². The maximum Gasteiger partial charge on any atom is 0.191 e. The minimum Gasteiger partial charge on any atom is -0.496 e. The molecule has 7 heteroatoms. The fraction of sp³-hybridized carbons (Fsp3) is 0.696. The number of rotatable bonds is 12. The van der Waals surface area contributed by atoms with E-state index in [0.29, 0.717) is 29.2 Å². The number of ether oxygens (including phenoxy) is 4. The summed E-state index contributed by atoms with van der Waals surface area (Å²) in [5.74, 6) is 2.91. The fourth-order valence-corrected chi connectivity index (χ4v) is 4.08. The van der Waals surface area contributed by atoms with E-state index in [4.69, 9.17) is 23.9 Å². The number of nitrogens with one attached hydrogen (secondary N) is 2. The van der Waals surface area contributed by atoms with Gasteiger partial charge in [-0.1, -0.05) is 12.8 Å². The van der Waals surface area contributed by atoms with E-state index in [1.54, 1.807) is 21.3 Å². The van der Waals surface area contributed by atoms with Gasteiger partial charge < -0.3 is 29.6 Å². The first-order valence-electron chi connectivity index (χ1n) is 11.0. The van der Waals surface area contributed by atoms with Crippen molar-refractivity contribution in [2.75, 3.05) is 47.6 Å². The maximum absolute atomic E-state index is 5.64. The molecule has 30 heavy (non-hydrogen) atoms. The highest BCUT2D eigenvalue weighted by molar-refractivity contribution is 5.79. The topological polar surface area (TPSA) is 73.3 Å². The van der Waals surface area contributed by atoms with Gasteiger partial charge in [0, 0.05) is 38.4 Å². The van der Waals surface area contributed by atoms with Crippen molar-refractivity contribution in [2.24, 2.45) is 10.4 Å². The lowest BCUT2D eigenvalue weighted by Gasteiger charge is -2.30. The highest BCUT2D eigenvalue weighted by Gasteiger charge is 2.33. The van der Waals surface area contributed by atoms with Gasteiger partial charge in [0.2, 0.25) is 0 Å². The Morgan fingerprint density at radius 2 is 1.67 bits per heavy atom. The van der Waals surface area contributed by atoms with E-state index in [9.17, 15) is 0 Å². The average Bonchev–Trinajstić information content (AvgIpc) is 3.24. The number of guanidine groups is 1. The van der Waals surface area contributed by atoms with E-state index in [1.165, 1.54) is 25.7 Å². The molecule has 0 spiro atoms. The second kappa shape index (κ2) is 12.5. The van der Waals surface area contributed by atoms with Crippen molar-refractivity contribution in [3.63, 3.8) is 0 Å². The zero-order valence-corrected chi connectivity index (χ0v) is 19.3. The Labute approximate surface area is 181 Å². The molecule has 1 aliphatic carbocycles. The van der Waals surface area contributed by atoms with Gasteiger partial charge in [-0.15, -0.1) is 0 Å². The van der Waals surface area contributed by atoms with Crippen LogP contribution in [0.3, 0.4) is 0 Å². The molecule has 0 saturated heterocycles. The fourth-order valence-electron chi connectivity index (χ4n) is 4.08. The molecule has 0 bridgehead atoms. The van der Waals surface area contributed by atoms with Crippen molar-refractivity contribution >= 4 is 5.96 Å². The van der Waals surface area contributed by atoms with Crippen LogP contribution in [0, 0.1) is 5.41 Å². The highest BCUT2D eigenvalue weighted by Crippen LogP contribution is 2.40. The monoisotopic (exact) mass is 421 g/mol. The lowest BCUT2D eigenvalue weighted by molar-refractivity contribution is 0.105. The summed E-state index contributed by atoms with van der Waals surface area (Å²) < 4.78 is 22.1. The molecule has 170 valence electrons. The van der Waals surface area contributed by atoms with Crippen LogP contribution in [-0.4, -0.2) is 53.6 Å². The van der Waals surface area contributed by atoms with E-state index < -0.39 is 0 Å². The van der Waals surface area contributed by atoms with Gasteiger partial charge in [0.05, 0.1) is 33.4 Å². The van der Waals surface area contributed by atoms with E-state index in [1.807, 2.05) is 12.1 Å². The number of aliphatic imine (C=N–C) groups is 1. The summed E-state index contributed by atoms with van der Waals surface area (Å²) in [4.78, 5) is 4.81. The number of hydrogen-bond donors (Lipinski definition) is 2. The van der Waals surface area contributed by atoms with Gasteiger partial charge in [-0.2, -0.15) is 0 Å². The van der Waals surface area contributed by atoms with E-state index in [-0.39, 0.29) is 0 Å². The first-order chi connectivity index (χ1) is 14.6. The van der Waals surface area contributed by atoms with Crippen LogP contribution in [0.15, 0.2) is 17.1 Å². The minimum atomic E-state index is 0.293. The second-order valence-corrected chi connectivity index (χ2v) is 7.71. The molecule has 0 radical (unpaired) electrons. The molecule has 1 aromatic carbocycles. The van der Waals surface area contributed by atoms with Crippen LogP contribution in [0.2, 0.25) is 0 Å². The zero-order chi connectivity index (χ0) is 21.8. The zero-order valence-electron chi connectivity index (χ0n) is 19.3. The second-order valence-electron chi connectivity index (χ2n) is 7.71. The van der Waals surface area contributed by atoms with Crippen molar-refractivity contribution in [1.82, 2.24) is 10.6 Å². The lowest BCUT2D eigenvalue weighted by atomic mass is 9.83. The molecule has 1 saturated carbocycles. The van der Waals surface area contributed by atoms with Gasteiger partial charge in [-0.25, -0.2) is 4.99 Å². The summed E-state index contributed by atoms with van der Waals surface area (Å²) in [6, 6.07) is 3.71. The largest absolute Gasteiger partial charge is 0.496 e. The maximum atomic E-state index is 5.64. The molecule has 2 N–H and O–H groups in total. The molecule has 0 aliphatic heterocycles. The highest BCUT2D eigenvalue weighted by atomic mass is 16.5. The van der Waals surface area contributed by atoms with Gasteiger partial charge in [0.1, 0.15) is 17.2 Å². The Morgan fingerprint density at radius 1 is 1.00 bits per heavy atom. The Hall–Kier alpha value is -2.15. The Bertz CT molecular complexity index is 647. The number of benzene rings is 1. The van der Waals surface area contributed by atoms with Crippen LogP contribution in [0.1, 0.15) is 51.5 Å². The molecule has 7 nitrogen and oxygen atoms in total. The molecule has 0 atom stereocenters. The molecule has 2 rings (SSSR count). The van der Waals surface area contributed by atoms with Gasteiger partial charge in [-0.3, -0.25) is 0 Å². The molecule has 0 heterocycles. The molecule has 0 unspecified atom stereocenters. The summed E-state index contributed by atoms with van der Waals surface area (Å²) >= 11 is 0. The standard InChI is InChI=1S/C23H39N3O4/c1-6-24-22(26-17-23(10-8-9-11-23)12-13-30-7-2)25-16-19-20(28-4)14-18(27-3)15-21(19)29-5/h14-15H,6-13,16-17H2,1-5H3,(H2,24,25,26). The molecule has 0 aromatic heterocycles. The minimum absolute atomic E-state index is 0.293. The Balaban J connectivity index is 2.12. The summed E-state index contributed by atoms with van der Waals surface area (Å²) in [6.45, 7) is 7.88. The summed E-state index contributed by atoms with van der Waals surface area (Å²) in [6.07, 6.45) is 6.16. The van der Waals surface area contributed by atoms with Crippen LogP contribution in [-0.2, 0) is 11.3 Å². The van der Waals surface area contributed by atoms with E-state index in [2.05, 4.69) is 24.5 Å². The summed E-state index contributed by atoms with van der Waals surface area (Å²) in [7, 11) is 4.92. The van der Waals surface area contributed by atoms with Gasteiger partial charge in [0.25, 0.3) is 0 Å². The number of hydrogen-bond acceptors (Lipinski definition) is 5. The quantitative estimate of drug-likeness (QED) is 0.304. The smallest absolute Gasteiger partial charge is 0.191 e. The third kappa shape index (κ3) is 6.69. The van der Waals surface area contributed by atoms with Crippen LogP contribution in [0.5, 0.6) is 17.2 Å². The van der Waals surface area contributed by atoms with Crippen molar-refractivity contribution < 1.29 is 18.9 Å². The first kappa shape index (κ1) is 24.1. The van der Waals surface area contributed by atoms with Crippen LogP contribution in [0.25, 0.3) is 0 Å². The van der Waals surface area contributed by atoms with E-state index in [0.717, 1.165) is 44.2 Å². The van der Waals surface area contributed by atoms with Crippen LogP contribution < -0.4 is 24.8 Å². The summed E-state index contributed by atoms with van der Waals surface area (Å²) in [5, 5.41) is 6.94. The average molecular weight is 422 g/mol. The predicted molar refractivity (Wildman–Crippen MR) is 121 cm³/mol. The van der Waals surface area contributed by atoms with Crippen molar-refractivity contribution in [3.05, 3.63) is 17.7 Å². The van der Waals surface area contributed by atoms with Crippen LogP contribution in [0.4, 0.5) is 0 Å². The molecule has 1 fully saturated rings. The van der Waals surface area contributed by atoms with Crippen molar-refractivity contribution in [1.29, 1.82) is 0 Å².